The van der Waals surface area contributed by atoms with Gasteiger partial charge in [0, 0.05) is 31.7 Å². The van der Waals surface area contributed by atoms with Gasteiger partial charge in [-0.2, -0.15) is 0 Å². The van der Waals surface area contributed by atoms with Gasteiger partial charge in [-0.05, 0) is 44.4 Å². The number of ether oxygens (including phenoxy) is 1. The fraction of sp³-hybridized carbons (Fsp3) is 0.632. The van der Waals surface area contributed by atoms with E-state index in [1.54, 1.807) is 4.90 Å². The molecule has 5 heteroatoms. The van der Waals surface area contributed by atoms with Crippen LogP contribution in [0.15, 0.2) is 24.3 Å². The Bertz CT molecular complexity index is 550. The number of benzene rings is 1. The Labute approximate surface area is 144 Å². The van der Waals surface area contributed by atoms with Crippen molar-refractivity contribution in [1.82, 2.24) is 9.80 Å². The third kappa shape index (κ3) is 3.97. The summed E-state index contributed by atoms with van der Waals surface area (Å²) in [6.07, 6.45) is 2.40. The summed E-state index contributed by atoms with van der Waals surface area (Å²) in [6.45, 7) is 7.78. The summed E-state index contributed by atoms with van der Waals surface area (Å²) in [5.74, 6) is 0.0340. The normalized spacial score (nSPS) is 28.3. The molecule has 5 nitrogen and oxygen atoms in total. The predicted octanol–water partition coefficient (Wildman–Crippen LogP) is 1.89. The molecule has 2 aliphatic rings. The van der Waals surface area contributed by atoms with Gasteiger partial charge in [-0.1, -0.05) is 12.1 Å². The zero-order valence-corrected chi connectivity index (χ0v) is 14.6. The first-order chi connectivity index (χ1) is 11.6. The van der Waals surface area contributed by atoms with Crippen LogP contribution in [0.2, 0.25) is 0 Å². The third-order valence-corrected chi connectivity index (χ3v) is 4.95. The fourth-order valence-corrected chi connectivity index (χ4v) is 3.88. The molecule has 0 aromatic heterocycles. The lowest BCUT2D eigenvalue weighted by Gasteiger charge is -2.35. The monoisotopic (exact) mass is 332 g/mol. The number of amides is 1. The van der Waals surface area contributed by atoms with Crippen LogP contribution in [-0.4, -0.2) is 65.3 Å². The second-order valence-corrected chi connectivity index (χ2v) is 7.13. The van der Waals surface area contributed by atoms with Crippen LogP contribution in [0.3, 0.4) is 0 Å². The first-order valence-corrected chi connectivity index (χ1v) is 8.95. The van der Waals surface area contributed by atoms with E-state index in [0.29, 0.717) is 5.56 Å². The maximum Gasteiger partial charge on any atom is 0.254 e. The molecule has 1 N–H and O–H groups in total. The van der Waals surface area contributed by atoms with E-state index in [4.69, 9.17) is 4.74 Å². The summed E-state index contributed by atoms with van der Waals surface area (Å²) >= 11 is 0. The average molecular weight is 332 g/mol. The lowest BCUT2D eigenvalue weighted by molar-refractivity contribution is -0.0704. The number of aliphatic hydroxyl groups is 1. The van der Waals surface area contributed by atoms with E-state index in [1.807, 2.05) is 24.3 Å². The van der Waals surface area contributed by atoms with Crippen molar-refractivity contribution < 1.29 is 14.6 Å². The Morgan fingerprint density at radius 3 is 2.50 bits per heavy atom. The average Bonchev–Trinajstić information content (AvgIpc) is 3.02. The van der Waals surface area contributed by atoms with Gasteiger partial charge in [0.15, 0.2) is 0 Å². The first-order valence-electron chi connectivity index (χ1n) is 8.95. The van der Waals surface area contributed by atoms with Crippen LogP contribution in [0.4, 0.5) is 0 Å². The summed E-state index contributed by atoms with van der Waals surface area (Å²) in [5, 5.41) is 9.39. The predicted molar refractivity (Wildman–Crippen MR) is 92.9 cm³/mol. The highest BCUT2D eigenvalue weighted by molar-refractivity contribution is 5.94. The number of carbonyl (C=O) groups is 1. The Morgan fingerprint density at radius 2 is 1.88 bits per heavy atom. The van der Waals surface area contributed by atoms with Crippen molar-refractivity contribution in [2.75, 3.05) is 26.2 Å². The molecule has 2 saturated heterocycles. The number of hydrogen-bond acceptors (Lipinski definition) is 4. The van der Waals surface area contributed by atoms with Crippen molar-refractivity contribution in [3.05, 3.63) is 35.4 Å². The van der Waals surface area contributed by atoms with Crippen LogP contribution in [0.5, 0.6) is 0 Å². The highest BCUT2D eigenvalue weighted by atomic mass is 16.5. The van der Waals surface area contributed by atoms with Gasteiger partial charge in [-0.25, -0.2) is 0 Å². The van der Waals surface area contributed by atoms with E-state index in [0.717, 1.165) is 39.0 Å². The molecule has 1 aromatic rings. The van der Waals surface area contributed by atoms with E-state index in [9.17, 15) is 9.90 Å². The van der Waals surface area contributed by atoms with Crippen LogP contribution in [-0.2, 0) is 11.3 Å². The van der Waals surface area contributed by atoms with Gasteiger partial charge in [0.2, 0.25) is 0 Å². The highest BCUT2D eigenvalue weighted by Gasteiger charge is 2.28. The van der Waals surface area contributed by atoms with Crippen molar-refractivity contribution in [3.63, 3.8) is 0 Å². The van der Waals surface area contributed by atoms with Crippen molar-refractivity contribution in [2.45, 2.75) is 51.5 Å². The zero-order valence-electron chi connectivity index (χ0n) is 14.6. The molecule has 3 atom stereocenters. The number of rotatable bonds is 4. The van der Waals surface area contributed by atoms with E-state index >= 15 is 0 Å². The van der Waals surface area contributed by atoms with Gasteiger partial charge < -0.3 is 14.7 Å². The highest BCUT2D eigenvalue weighted by Crippen LogP contribution is 2.20. The quantitative estimate of drug-likeness (QED) is 0.915. The number of likely N-dealkylation sites (tertiary alicyclic amines) is 1. The van der Waals surface area contributed by atoms with Gasteiger partial charge in [-0.3, -0.25) is 9.69 Å². The lowest BCUT2D eigenvalue weighted by atomic mass is 10.1. The Hall–Kier alpha value is -1.43. The smallest absolute Gasteiger partial charge is 0.254 e. The second-order valence-electron chi connectivity index (χ2n) is 7.13. The zero-order chi connectivity index (χ0) is 17.1. The largest absolute Gasteiger partial charge is 0.394 e. The van der Waals surface area contributed by atoms with Crippen molar-refractivity contribution >= 4 is 5.91 Å². The minimum absolute atomic E-state index is 0.0199. The maximum absolute atomic E-state index is 12.6. The van der Waals surface area contributed by atoms with E-state index in [-0.39, 0.29) is 30.8 Å². The summed E-state index contributed by atoms with van der Waals surface area (Å²) in [6, 6.07) is 7.90. The molecule has 0 saturated carbocycles. The van der Waals surface area contributed by atoms with Gasteiger partial charge in [0.05, 0.1) is 24.9 Å². The molecule has 0 aliphatic carbocycles. The SMILES string of the molecule is C[C@@H]1CN(Cc2ccc(C(=O)N3CCC[C@H]3CO)cc2)C[C@H](C)O1. The molecule has 0 radical (unpaired) electrons. The number of carbonyl (C=O) groups excluding carboxylic acids is 1. The summed E-state index contributed by atoms with van der Waals surface area (Å²) in [7, 11) is 0. The maximum atomic E-state index is 12.6. The molecule has 1 amide bonds. The minimum Gasteiger partial charge on any atom is -0.394 e. The summed E-state index contributed by atoms with van der Waals surface area (Å²) < 4.78 is 5.77. The Morgan fingerprint density at radius 1 is 1.21 bits per heavy atom. The van der Waals surface area contributed by atoms with Crippen LogP contribution in [0, 0.1) is 0 Å². The van der Waals surface area contributed by atoms with Gasteiger partial charge >= 0.3 is 0 Å². The van der Waals surface area contributed by atoms with Crippen LogP contribution in [0.1, 0.15) is 42.6 Å². The standard InChI is InChI=1S/C19H28N2O3/c1-14-10-20(11-15(2)24-14)12-16-5-7-17(8-6-16)19(23)21-9-3-4-18(21)13-22/h5-8,14-15,18,22H,3-4,9-13H2,1-2H3/t14-,15+,18-/m0/s1. The van der Waals surface area contributed by atoms with E-state index < -0.39 is 0 Å². The fourth-order valence-electron chi connectivity index (χ4n) is 3.88. The third-order valence-electron chi connectivity index (χ3n) is 4.95. The van der Waals surface area contributed by atoms with Crippen LogP contribution < -0.4 is 0 Å². The molecular weight excluding hydrogens is 304 g/mol. The molecule has 0 unspecified atom stereocenters. The van der Waals surface area contributed by atoms with Crippen molar-refractivity contribution in [2.24, 2.45) is 0 Å². The molecule has 24 heavy (non-hydrogen) atoms. The van der Waals surface area contributed by atoms with E-state index in [1.165, 1.54) is 5.56 Å². The number of hydrogen-bond donors (Lipinski definition) is 1. The van der Waals surface area contributed by atoms with Gasteiger partial charge in [0.1, 0.15) is 0 Å². The Balaban J connectivity index is 1.62. The topological polar surface area (TPSA) is 53.0 Å². The number of aliphatic hydroxyl groups excluding tert-OH is 1. The van der Waals surface area contributed by atoms with Gasteiger partial charge in [0.25, 0.3) is 5.91 Å². The van der Waals surface area contributed by atoms with E-state index in [2.05, 4.69) is 18.7 Å². The second kappa shape index (κ2) is 7.64. The first kappa shape index (κ1) is 17.4. The molecule has 1 aromatic carbocycles. The molecule has 0 bridgehead atoms. The van der Waals surface area contributed by atoms with Crippen molar-refractivity contribution in [1.29, 1.82) is 0 Å². The van der Waals surface area contributed by atoms with Crippen molar-refractivity contribution in [3.8, 4) is 0 Å². The molecule has 3 rings (SSSR count). The van der Waals surface area contributed by atoms with Crippen LogP contribution in [0.25, 0.3) is 0 Å². The van der Waals surface area contributed by atoms with Crippen LogP contribution >= 0.6 is 0 Å². The lowest BCUT2D eigenvalue weighted by Crippen LogP contribution is -2.44. The Kier molecular flexibility index (Phi) is 5.54. The molecular formula is C19H28N2O3. The minimum atomic E-state index is -0.0199. The molecule has 2 fully saturated rings. The molecule has 132 valence electrons. The van der Waals surface area contributed by atoms with Gasteiger partial charge in [-0.15, -0.1) is 0 Å². The summed E-state index contributed by atoms with van der Waals surface area (Å²) in [5.41, 5.74) is 1.93. The molecule has 0 spiro atoms. The molecule has 2 aliphatic heterocycles. The number of nitrogens with zero attached hydrogens (tertiary/aromatic N) is 2. The molecule has 2 heterocycles. The summed E-state index contributed by atoms with van der Waals surface area (Å²) in [4.78, 5) is 16.8. The number of morpholine rings is 1.